The molecule has 0 aromatic heterocycles. The van der Waals surface area contributed by atoms with E-state index in [1.165, 1.54) is 101 Å². The average molecular weight is 631 g/mol. The first-order chi connectivity index (χ1) is 23.4. The molecular weight excluding hydrogens is 581 g/mol. The number of benzene rings is 5. The molecule has 2 heteroatoms. The van der Waals surface area contributed by atoms with Crippen molar-refractivity contribution >= 4 is 28.4 Å². The van der Waals surface area contributed by atoms with Gasteiger partial charge in [0, 0.05) is 33.9 Å². The van der Waals surface area contributed by atoms with Crippen molar-refractivity contribution in [3.8, 4) is 0 Å². The summed E-state index contributed by atoms with van der Waals surface area (Å²) >= 11 is 0. The van der Waals surface area contributed by atoms with Crippen molar-refractivity contribution in [2.45, 2.75) is 84.1 Å². The lowest BCUT2D eigenvalue weighted by Crippen LogP contribution is -2.32. The van der Waals surface area contributed by atoms with Crippen molar-refractivity contribution in [1.29, 1.82) is 0 Å². The standard InChI is InChI=1S/C46H50N2/c1-34-8-20-40(21-9-34)47(41-22-10-35(2)11-23-41)44-28-16-38(17-29-44)46(32-6-5-7-33-46)39-18-30-45(31-19-39)48(42-24-12-36(3)13-25-42)43-26-14-37(4)15-27-43/h8-14,16-26,28-31,37,43H,5-7,15,27,32-33H2,1-4H3. The molecule has 0 spiro atoms. The van der Waals surface area contributed by atoms with Crippen molar-refractivity contribution in [3.05, 3.63) is 161 Å². The zero-order chi connectivity index (χ0) is 33.1. The van der Waals surface area contributed by atoms with E-state index in [0.717, 1.165) is 0 Å². The number of anilines is 5. The molecule has 2 aliphatic carbocycles. The quantitative estimate of drug-likeness (QED) is 0.157. The van der Waals surface area contributed by atoms with Crippen molar-refractivity contribution in [3.63, 3.8) is 0 Å². The average Bonchev–Trinajstić information content (AvgIpc) is 3.13. The summed E-state index contributed by atoms with van der Waals surface area (Å²) in [7, 11) is 0. The highest BCUT2D eigenvalue weighted by molar-refractivity contribution is 5.77. The van der Waals surface area contributed by atoms with Crippen LogP contribution in [0.5, 0.6) is 0 Å². The highest BCUT2D eigenvalue weighted by Gasteiger charge is 2.36. The van der Waals surface area contributed by atoms with E-state index < -0.39 is 0 Å². The number of nitrogens with zero attached hydrogens (tertiary/aromatic N) is 2. The van der Waals surface area contributed by atoms with Crippen molar-refractivity contribution in [1.82, 2.24) is 0 Å². The number of allylic oxidation sites excluding steroid dienone is 1. The fraction of sp³-hybridized carbons (Fsp3) is 0.304. The van der Waals surface area contributed by atoms with Crippen LogP contribution < -0.4 is 9.80 Å². The van der Waals surface area contributed by atoms with E-state index in [4.69, 9.17) is 0 Å². The molecule has 0 saturated heterocycles. The summed E-state index contributed by atoms with van der Waals surface area (Å²) in [6.45, 7) is 8.80. The van der Waals surface area contributed by atoms with Crippen LogP contribution in [0.3, 0.4) is 0 Å². The molecule has 0 radical (unpaired) electrons. The molecular formula is C46H50N2. The maximum Gasteiger partial charge on any atom is 0.0522 e. The van der Waals surface area contributed by atoms with E-state index in [9.17, 15) is 0 Å². The van der Waals surface area contributed by atoms with Gasteiger partial charge in [0.15, 0.2) is 0 Å². The van der Waals surface area contributed by atoms with E-state index >= 15 is 0 Å². The second-order valence-electron chi connectivity index (χ2n) is 14.5. The van der Waals surface area contributed by atoms with Crippen molar-refractivity contribution < 1.29 is 0 Å². The van der Waals surface area contributed by atoms with Crippen LogP contribution in [0.1, 0.15) is 79.7 Å². The summed E-state index contributed by atoms with van der Waals surface area (Å²) in [5.41, 5.74) is 12.9. The lowest BCUT2D eigenvalue weighted by Gasteiger charge is -2.40. The highest BCUT2D eigenvalue weighted by Crippen LogP contribution is 2.47. The highest BCUT2D eigenvalue weighted by atomic mass is 15.2. The van der Waals surface area contributed by atoms with Crippen LogP contribution in [0.25, 0.3) is 0 Å². The Labute approximate surface area is 288 Å². The van der Waals surface area contributed by atoms with Gasteiger partial charge in [-0.2, -0.15) is 0 Å². The number of aryl methyl sites for hydroxylation is 3. The zero-order valence-corrected chi connectivity index (χ0v) is 29.2. The Morgan fingerprint density at radius 3 is 1.27 bits per heavy atom. The molecule has 1 fully saturated rings. The summed E-state index contributed by atoms with van der Waals surface area (Å²) in [6.07, 6.45) is 13.5. The Morgan fingerprint density at radius 2 is 0.854 bits per heavy atom. The van der Waals surface area contributed by atoms with Gasteiger partial charge in [-0.05, 0) is 124 Å². The van der Waals surface area contributed by atoms with Crippen LogP contribution in [-0.4, -0.2) is 6.04 Å². The second-order valence-corrected chi connectivity index (χ2v) is 14.5. The van der Waals surface area contributed by atoms with Crippen LogP contribution in [0.2, 0.25) is 0 Å². The number of hydrogen-bond donors (Lipinski definition) is 0. The fourth-order valence-corrected chi connectivity index (χ4v) is 8.00. The van der Waals surface area contributed by atoms with E-state index in [0.29, 0.717) is 12.0 Å². The molecule has 2 unspecified atom stereocenters. The third-order valence-electron chi connectivity index (χ3n) is 10.9. The molecule has 7 rings (SSSR count). The Kier molecular flexibility index (Phi) is 9.26. The van der Waals surface area contributed by atoms with Crippen LogP contribution in [0.15, 0.2) is 133 Å². The van der Waals surface area contributed by atoms with Crippen LogP contribution in [0, 0.1) is 26.7 Å². The van der Waals surface area contributed by atoms with Gasteiger partial charge in [-0.25, -0.2) is 0 Å². The Bertz CT molecular complexity index is 1760. The zero-order valence-electron chi connectivity index (χ0n) is 29.2. The molecule has 244 valence electrons. The van der Waals surface area contributed by atoms with Crippen molar-refractivity contribution in [2.24, 2.45) is 5.92 Å². The smallest absolute Gasteiger partial charge is 0.0522 e. The van der Waals surface area contributed by atoms with Gasteiger partial charge in [0.05, 0.1) is 6.04 Å². The van der Waals surface area contributed by atoms with E-state index in [1.807, 2.05) is 0 Å². The summed E-state index contributed by atoms with van der Waals surface area (Å²) in [6, 6.07) is 46.4. The van der Waals surface area contributed by atoms with Gasteiger partial charge in [0.1, 0.15) is 0 Å². The normalized spacial score (nSPS) is 18.8. The Hall–Kier alpha value is -4.56. The summed E-state index contributed by atoms with van der Waals surface area (Å²) in [5, 5.41) is 0. The SMILES string of the molecule is Cc1ccc(N(c2ccc(C)cc2)c2ccc(C3(c4ccc(N(c5ccc(C)cc5)C5C=CC(C)CC5)cc4)CCCCC3)cc2)cc1. The maximum atomic E-state index is 2.55. The van der Waals surface area contributed by atoms with Gasteiger partial charge in [0.25, 0.3) is 0 Å². The first kappa shape index (κ1) is 32.0. The van der Waals surface area contributed by atoms with Crippen molar-refractivity contribution in [2.75, 3.05) is 9.80 Å². The minimum atomic E-state index is 0.0305. The Morgan fingerprint density at radius 1 is 0.458 bits per heavy atom. The van der Waals surface area contributed by atoms with Gasteiger partial charge < -0.3 is 9.80 Å². The first-order valence-electron chi connectivity index (χ1n) is 18.1. The summed E-state index contributed by atoms with van der Waals surface area (Å²) in [4.78, 5) is 4.93. The molecule has 5 aromatic rings. The van der Waals surface area contributed by atoms with Gasteiger partial charge in [-0.1, -0.05) is 116 Å². The maximum absolute atomic E-state index is 2.55. The molecule has 48 heavy (non-hydrogen) atoms. The second kappa shape index (κ2) is 13.9. The molecule has 5 aromatic carbocycles. The number of hydrogen-bond acceptors (Lipinski definition) is 2. The van der Waals surface area contributed by atoms with Crippen LogP contribution in [-0.2, 0) is 5.41 Å². The molecule has 2 nitrogen and oxygen atoms in total. The first-order valence-corrected chi connectivity index (χ1v) is 18.1. The van der Waals surface area contributed by atoms with Gasteiger partial charge in [-0.3, -0.25) is 0 Å². The Balaban J connectivity index is 1.23. The molecule has 0 bridgehead atoms. The third-order valence-corrected chi connectivity index (χ3v) is 10.9. The predicted molar refractivity (Wildman–Crippen MR) is 206 cm³/mol. The molecule has 1 saturated carbocycles. The largest absolute Gasteiger partial charge is 0.335 e. The fourth-order valence-electron chi connectivity index (χ4n) is 8.00. The molecule has 2 aliphatic rings. The van der Waals surface area contributed by atoms with Gasteiger partial charge >= 0.3 is 0 Å². The number of rotatable bonds is 8. The van der Waals surface area contributed by atoms with Gasteiger partial charge in [-0.15, -0.1) is 0 Å². The molecule has 0 heterocycles. The lowest BCUT2D eigenvalue weighted by atomic mass is 9.65. The van der Waals surface area contributed by atoms with Gasteiger partial charge in [0.2, 0.25) is 0 Å². The summed E-state index contributed by atoms with van der Waals surface area (Å²) in [5.74, 6) is 0.655. The summed E-state index contributed by atoms with van der Waals surface area (Å²) < 4.78 is 0. The minimum Gasteiger partial charge on any atom is -0.335 e. The molecule has 0 N–H and O–H groups in total. The third kappa shape index (κ3) is 6.59. The van der Waals surface area contributed by atoms with Crippen LogP contribution >= 0.6 is 0 Å². The lowest BCUT2D eigenvalue weighted by molar-refractivity contribution is 0.346. The van der Waals surface area contributed by atoms with E-state index in [2.05, 4.69) is 171 Å². The molecule has 0 aliphatic heterocycles. The minimum absolute atomic E-state index is 0.0305. The monoisotopic (exact) mass is 630 g/mol. The predicted octanol–water partition coefficient (Wildman–Crippen LogP) is 12.8. The van der Waals surface area contributed by atoms with E-state index in [1.54, 1.807) is 0 Å². The molecule has 2 atom stereocenters. The topological polar surface area (TPSA) is 6.48 Å². The van der Waals surface area contributed by atoms with Crippen LogP contribution in [0.4, 0.5) is 28.4 Å². The molecule has 0 amide bonds. The van der Waals surface area contributed by atoms with E-state index in [-0.39, 0.29) is 5.41 Å².